The number of aliphatic carboxylic acids is 1. The molecule has 0 atom stereocenters. The van der Waals surface area contributed by atoms with Gasteiger partial charge in [0.25, 0.3) is 0 Å². The molecule has 0 aromatic rings. The molecule has 0 aliphatic carbocycles. The molecule has 0 aliphatic heterocycles. The predicted molar refractivity (Wildman–Crippen MR) is 78.3 cm³/mol. The highest BCUT2D eigenvalue weighted by Crippen LogP contribution is 2.06. The van der Waals surface area contributed by atoms with Crippen molar-refractivity contribution in [3.05, 3.63) is 0 Å². The fraction of sp³-hybridized carbons (Fsp3) is 0.933. The van der Waals surface area contributed by atoms with Gasteiger partial charge < -0.3 is 14.3 Å². The maximum atomic E-state index is 10.6. The van der Waals surface area contributed by atoms with Gasteiger partial charge in [-0.25, -0.2) is 4.79 Å². The van der Waals surface area contributed by atoms with Gasteiger partial charge in [0.1, 0.15) is 6.54 Å². The maximum absolute atomic E-state index is 10.6. The Morgan fingerprint density at radius 3 is 2.16 bits per heavy atom. The number of likely N-dealkylation sites (N-methyl/N-ethyl adjacent to an activating group) is 1. The second kappa shape index (κ2) is 11.2. The van der Waals surface area contributed by atoms with Crippen molar-refractivity contribution in [2.75, 3.05) is 40.4 Å². The zero-order chi connectivity index (χ0) is 14.6. The monoisotopic (exact) mass is 274 g/mol. The topological polar surface area (TPSA) is 46.5 Å². The highest BCUT2D eigenvalue weighted by atomic mass is 16.5. The van der Waals surface area contributed by atoms with Crippen molar-refractivity contribution in [2.24, 2.45) is 0 Å². The Bertz CT molecular complexity index is 229. The van der Waals surface area contributed by atoms with Gasteiger partial charge in [-0.15, -0.1) is 0 Å². The number of quaternary nitrogens is 1. The standard InChI is InChI=1S/C15H31NO3/c1-4-5-6-7-8-9-10-12-19-13-11-16(2,3)14-15(17)18/h4-14H2,1-3H3/p+1. The van der Waals surface area contributed by atoms with Gasteiger partial charge in [0.15, 0.2) is 6.54 Å². The molecule has 0 heterocycles. The van der Waals surface area contributed by atoms with Crippen LogP contribution >= 0.6 is 0 Å². The number of carbonyl (C=O) groups is 1. The number of rotatable bonds is 13. The highest BCUT2D eigenvalue weighted by Gasteiger charge is 2.18. The van der Waals surface area contributed by atoms with Crippen molar-refractivity contribution in [1.82, 2.24) is 0 Å². The number of nitrogens with zero attached hydrogens (tertiary/aromatic N) is 1. The summed E-state index contributed by atoms with van der Waals surface area (Å²) >= 11 is 0. The number of hydrogen-bond acceptors (Lipinski definition) is 2. The van der Waals surface area contributed by atoms with E-state index >= 15 is 0 Å². The Labute approximate surface area is 118 Å². The van der Waals surface area contributed by atoms with Crippen molar-refractivity contribution in [3.63, 3.8) is 0 Å². The number of unbranched alkanes of at least 4 members (excludes halogenated alkanes) is 6. The lowest BCUT2D eigenvalue weighted by Crippen LogP contribution is -2.46. The molecule has 0 saturated carbocycles. The smallest absolute Gasteiger partial charge is 0.359 e. The van der Waals surface area contributed by atoms with E-state index in [1.807, 2.05) is 14.1 Å². The largest absolute Gasteiger partial charge is 0.477 e. The van der Waals surface area contributed by atoms with Gasteiger partial charge in [0, 0.05) is 6.61 Å². The lowest BCUT2D eigenvalue weighted by Gasteiger charge is -2.27. The normalized spacial score (nSPS) is 11.7. The third kappa shape index (κ3) is 13.6. The number of ether oxygens (including phenoxy) is 1. The Balaban J connectivity index is 3.28. The molecule has 0 amide bonds. The van der Waals surface area contributed by atoms with Crippen LogP contribution in [-0.2, 0) is 9.53 Å². The SMILES string of the molecule is CCCCCCCCCOCC[N+](C)(C)CC(=O)O. The fourth-order valence-corrected chi connectivity index (χ4v) is 2.02. The molecular formula is C15H32NO3+. The first-order valence-electron chi connectivity index (χ1n) is 7.59. The summed E-state index contributed by atoms with van der Waals surface area (Å²) in [7, 11) is 3.84. The zero-order valence-electron chi connectivity index (χ0n) is 13.0. The Kier molecular flexibility index (Phi) is 10.9. The summed E-state index contributed by atoms with van der Waals surface area (Å²) in [5.74, 6) is -0.753. The molecule has 4 nitrogen and oxygen atoms in total. The van der Waals surface area contributed by atoms with E-state index in [1.54, 1.807) is 0 Å². The van der Waals surface area contributed by atoms with E-state index in [1.165, 1.54) is 38.5 Å². The summed E-state index contributed by atoms with van der Waals surface area (Å²) in [6.07, 6.45) is 9.04. The van der Waals surface area contributed by atoms with Crippen molar-refractivity contribution in [3.8, 4) is 0 Å². The molecule has 0 saturated heterocycles. The molecule has 0 radical (unpaired) electrons. The van der Waals surface area contributed by atoms with E-state index in [-0.39, 0.29) is 6.54 Å². The van der Waals surface area contributed by atoms with Gasteiger partial charge >= 0.3 is 5.97 Å². The van der Waals surface area contributed by atoms with Gasteiger partial charge in [-0.2, -0.15) is 0 Å². The molecular weight excluding hydrogens is 242 g/mol. The molecule has 0 unspecified atom stereocenters. The van der Waals surface area contributed by atoms with Crippen molar-refractivity contribution >= 4 is 5.97 Å². The summed E-state index contributed by atoms with van der Waals surface area (Å²) in [6.45, 7) is 4.60. The molecule has 0 bridgehead atoms. The van der Waals surface area contributed by atoms with Crippen molar-refractivity contribution in [1.29, 1.82) is 0 Å². The molecule has 0 rings (SSSR count). The predicted octanol–water partition coefficient (Wildman–Crippen LogP) is 2.91. The molecule has 0 fully saturated rings. The third-order valence-corrected chi connectivity index (χ3v) is 3.30. The molecule has 0 aliphatic rings. The number of carboxylic acids is 1. The van der Waals surface area contributed by atoms with Gasteiger partial charge in [0.05, 0.1) is 20.7 Å². The van der Waals surface area contributed by atoms with E-state index in [4.69, 9.17) is 9.84 Å². The van der Waals surface area contributed by atoms with Crippen LogP contribution in [0.5, 0.6) is 0 Å². The van der Waals surface area contributed by atoms with Crippen LogP contribution in [0.1, 0.15) is 51.9 Å². The second-order valence-corrected chi connectivity index (χ2v) is 5.94. The lowest BCUT2D eigenvalue weighted by atomic mass is 10.1. The first-order chi connectivity index (χ1) is 8.98. The molecule has 4 heteroatoms. The van der Waals surface area contributed by atoms with Gasteiger partial charge in [-0.05, 0) is 6.42 Å². The van der Waals surface area contributed by atoms with Crippen LogP contribution in [0.3, 0.4) is 0 Å². The number of carboxylic acid groups (broad SMARTS) is 1. The lowest BCUT2D eigenvalue weighted by molar-refractivity contribution is -0.883. The average molecular weight is 274 g/mol. The number of hydrogen-bond donors (Lipinski definition) is 1. The quantitative estimate of drug-likeness (QED) is 0.415. The first-order valence-corrected chi connectivity index (χ1v) is 7.59. The van der Waals surface area contributed by atoms with Crippen molar-refractivity contribution in [2.45, 2.75) is 51.9 Å². The van der Waals surface area contributed by atoms with Crippen LogP contribution < -0.4 is 0 Å². The summed E-state index contributed by atoms with van der Waals surface area (Å²) in [4.78, 5) is 10.6. The third-order valence-electron chi connectivity index (χ3n) is 3.30. The van der Waals surface area contributed by atoms with Gasteiger partial charge in [-0.1, -0.05) is 45.4 Å². The van der Waals surface area contributed by atoms with E-state index in [2.05, 4.69) is 6.92 Å². The first kappa shape index (κ1) is 18.4. The van der Waals surface area contributed by atoms with E-state index in [0.29, 0.717) is 11.1 Å². The van der Waals surface area contributed by atoms with Crippen LogP contribution in [-0.4, -0.2) is 56.0 Å². The fourth-order valence-electron chi connectivity index (χ4n) is 2.02. The van der Waals surface area contributed by atoms with Crippen molar-refractivity contribution < 1.29 is 19.1 Å². The summed E-state index contributed by atoms with van der Waals surface area (Å²) in [6, 6.07) is 0. The molecule has 0 spiro atoms. The second-order valence-electron chi connectivity index (χ2n) is 5.94. The summed E-state index contributed by atoms with van der Waals surface area (Å²) < 4.78 is 6.05. The zero-order valence-corrected chi connectivity index (χ0v) is 13.0. The minimum Gasteiger partial charge on any atom is -0.477 e. The van der Waals surface area contributed by atoms with Crippen LogP contribution in [0.2, 0.25) is 0 Å². The van der Waals surface area contributed by atoms with Crippen LogP contribution in [0, 0.1) is 0 Å². The maximum Gasteiger partial charge on any atom is 0.359 e. The van der Waals surface area contributed by atoms with E-state index in [9.17, 15) is 4.79 Å². The van der Waals surface area contributed by atoms with Crippen LogP contribution in [0.15, 0.2) is 0 Å². The summed E-state index contributed by atoms with van der Waals surface area (Å²) in [5, 5.41) is 8.75. The minimum absolute atomic E-state index is 0.154. The average Bonchev–Trinajstić information content (AvgIpc) is 2.30. The molecule has 114 valence electrons. The highest BCUT2D eigenvalue weighted by molar-refractivity contribution is 5.67. The van der Waals surface area contributed by atoms with Gasteiger partial charge in [-0.3, -0.25) is 0 Å². The van der Waals surface area contributed by atoms with Crippen LogP contribution in [0.4, 0.5) is 0 Å². The van der Waals surface area contributed by atoms with E-state index in [0.717, 1.165) is 19.6 Å². The molecule has 0 aromatic carbocycles. The molecule has 0 aromatic heterocycles. The minimum atomic E-state index is -0.753. The van der Waals surface area contributed by atoms with E-state index < -0.39 is 5.97 Å². The van der Waals surface area contributed by atoms with Gasteiger partial charge in [0.2, 0.25) is 0 Å². The Hall–Kier alpha value is -0.610. The Morgan fingerprint density at radius 1 is 1.00 bits per heavy atom. The van der Waals surface area contributed by atoms with Crippen LogP contribution in [0.25, 0.3) is 0 Å². The Morgan fingerprint density at radius 2 is 1.58 bits per heavy atom. The molecule has 19 heavy (non-hydrogen) atoms. The summed E-state index contributed by atoms with van der Waals surface area (Å²) in [5.41, 5.74) is 0. The molecule has 1 N–H and O–H groups in total.